The van der Waals surface area contributed by atoms with Crippen LogP contribution in [0.1, 0.15) is 18.9 Å². The maximum atomic E-state index is 5.79. The van der Waals surface area contributed by atoms with E-state index in [2.05, 4.69) is 22.0 Å². The summed E-state index contributed by atoms with van der Waals surface area (Å²) in [7, 11) is 1.69. The number of halogens is 1. The molecule has 1 atom stereocenters. The Morgan fingerprint density at radius 1 is 1.20 bits per heavy atom. The minimum Gasteiger partial charge on any atom is -0.490 e. The second-order valence-corrected chi connectivity index (χ2v) is 5.61. The van der Waals surface area contributed by atoms with E-state index >= 15 is 0 Å². The van der Waals surface area contributed by atoms with E-state index in [9.17, 15) is 0 Å². The smallest absolute Gasteiger partial charge is 0.133 e. The highest BCUT2D eigenvalue weighted by Gasteiger charge is 2.04. The molecule has 0 aliphatic heterocycles. The van der Waals surface area contributed by atoms with Crippen LogP contribution in [0.3, 0.4) is 0 Å². The lowest BCUT2D eigenvalue weighted by Crippen LogP contribution is -2.17. The van der Waals surface area contributed by atoms with Crippen molar-refractivity contribution in [1.29, 1.82) is 0 Å². The van der Waals surface area contributed by atoms with E-state index < -0.39 is 0 Å². The monoisotopic (exact) mass is 345 g/mol. The first-order valence-electron chi connectivity index (χ1n) is 6.87. The van der Waals surface area contributed by atoms with Crippen molar-refractivity contribution < 1.29 is 14.2 Å². The van der Waals surface area contributed by atoms with Crippen LogP contribution in [0.5, 0.6) is 5.75 Å². The Morgan fingerprint density at radius 2 is 2.00 bits per heavy atom. The van der Waals surface area contributed by atoms with Crippen LogP contribution in [0.25, 0.3) is 0 Å². The Bertz CT molecular complexity index is 385. The molecule has 114 valence electrons. The summed E-state index contributed by atoms with van der Waals surface area (Å²) in [6.07, 6.45) is 1.77. The van der Waals surface area contributed by atoms with E-state index in [1.54, 1.807) is 7.11 Å². The largest absolute Gasteiger partial charge is 0.490 e. The maximum Gasteiger partial charge on any atom is 0.133 e. The summed E-state index contributed by atoms with van der Waals surface area (Å²) in [6, 6.07) is 6.22. The van der Waals surface area contributed by atoms with Crippen LogP contribution in [-0.4, -0.2) is 39.6 Å². The first kappa shape index (κ1) is 17.4. The number of hydrogen-bond acceptors (Lipinski definition) is 4. The van der Waals surface area contributed by atoms with Crippen molar-refractivity contribution in [2.75, 3.05) is 33.5 Å². The van der Waals surface area contributed by atoms with Crippen molar-refractivity contribution in [1.82, 2.24) is 0 Å². The molecule has 0 aromatic heterocycles. The zero-order valence-electron chi connectivity index (χ0n) is 12.2. The molecule has 0 amide bonds. The van der Waals surface area contributed by atoms with Gasteiger partial charge in [-0.25, -0.2) is 0 Å². The molecule has 0 spiro atoms. The number of methoxy groups -OCH3 is 1. The van der Waals surface area contributed by atoms with Crippen LogP contribution < -0.4 is 10.5 Å². The number of hydrogen-bond donors (Lipinski definition) is 1. The third kappa shape index (κ3) is 7.24. The summed E-state index contributed by atoms with van der Waals surface area (Å²) < 4.78 is 17.0. The van der Waals surface area contributed by atoms with E-state index in [4.69, 9.17) is 19.9 Å². The Kier molecular flexibility index (Phi) is 8.85. The van der Waals surface area contributed by atoms with Gasteiger partial charge in [0.05, 0.1) is 11.1 Å². The molecule has 1 rings (SSSR count). The third-order valence-corrected chi connectivity index (χ3v) is 3.30. The van der Waals surface area contributed by atoms with Crippen LogP contribution in [0, 0.1) is 0 Å². The summed E-state index contributed by atoms with van der Waals surface area (Å²) in [6.45, 7) is 4.55. The second-order valence-electron chi connectivity index (χ2n) is 4.75. The van der Waals surface area contributed by atoms with Gasteiger partial charge in [0.1, 0.15) is 12.4 Å². The second kappa shape index (κ2) is 10.2. The van der Waals surface area contributed by atoms with Gasteiger partial charge in [0.2, 0.25) is 0 Å². The molecule has 0 saturated carbocycles. The number of rotatable bonds is 10. The van der Waals surface area contributed by atoms with Gasteiger partial charge in [-0.15, -0.1) is 0 Å². The highest BCUT2D eigenvalue weighted by molar-refractivity contribution is 9.10. The van der Waals surface area contributed by atoms with Crippen LogP contribution in [0.15, 0.2) is 22.7 Å². The van der Waals surface area contributed by atoms with Crippen molar-refractivity contribution in [3.63, 3.8) is 0 Å². The van der Waals surface area contributed by atoms with Crippen molar-refractivity contribution in [3.05, 3.63) is 28.2 Å². The van der Waals surface area contributed by atoms with Crippen molar-refractivity contribution >= 4 is 15.9 Å². The van der Waals surface area contributed by atoms with E-state index in [1.165, 1.54) is 5.56 Å². The average molecular weight is 346 g/mol. The fourth-order valence-corrected chi connectivity index (χ4v) is 2.32. The van der Waals surface area contributed by atoms with Crippen molar-refractivity contribution in [2.24, 2.45) is 5.73 Å². The lowest BCUT2D eigenvalue weighted by atomic mass is 10.1. The molecule has 1 aromatic carbocycles. The molecule has 20 heavy (non-hydrogen) atoms. The maximum absolute atomic E-state index is 5.79. The molecule has 5 heteroatoms. The van der Waals surface area contributed by atoms with E-state index in [-0.39, 0.29) is 6.04 Å². The topological polar surface area (TPSA) is 53.7 Å². The molecule has 1 unspecified atom stereocenters. The molecule has 4 nitrogen and oxygen atoms in total. The van der Waals surface area contributed by atoms with Gasteiger partial charge < -0.3 is 19.9 Å². The minimum atomic E-state index is 0.161. The molecule has 0 radical (unpaired) electrons. The lowest BCUT2D eigenvalue weighted by molar-refractivity contribution is 0.0805. The summed E-state index contributed by atoms with van der Waals surface area (Å²) >= 11 is 3.52. The SMILES string of the molecule is COCCCOCCOc1ccc(CC(C)N)cc1Br. The van der Waals surface area contributed by atoms with Gasteiger partial charge in [-0.1, -0.05) is 6.07 Å². The molecule has 1 aromatic rings. The molecule has 0 bridgehead atoms. The molecule has 0 heterocycles. The lowest BCUT2D eigenvalue weighted by Gasteiger charge is -2.11. The number of benzene rings is 1. The van der Waals surface area contributed by atoms with E-state index in [0.717, 1.165) is 29.7 Å². The van der Waals surface area contributed by atoms with Crippen LogP contribution in [0.4, 0.5) is 0 Å². The van der Waals surface area contributed by atoms with Crippen LogP contribution >= 0.6 is 15.9 Å². The summed E-state index contributed by atoms with van der Waals surface area (Å²) in [5.74, 6) is 0.832. The van der Waals surface area contributed by atoms with Crippen molar-refractivity contribution in [2.45, 2.75) is 25.8 Å². The minimum absolute atomic E-state index is 0.161. The molecular weight excluding hydrogens is 322 g/mol. The molecular formula is C15H24BrNO3. The first-order valence-corrected chi connectivity index (χ1v) is 7.66. The first-order chi connectivity index (χ1) is 9.63. The zero-order chi connectivity index (χ0) is 14.8. The highest BCUT2D eigenvalue weighted by Crippen LogP contribution is 2.26. The van der Waals surface area contributed by atoms with Gasteiger partial charge in [0.15, 0.2) is 0 Å². The number of ether oxygens (including phenoxy) is 3. The third-order valence-electron chi connectivity index (χ3n) is 2.68. The Balaban J connectivity index is 2.26. The van der Waals surface area contributed by atoms with Crippen LogP contribution in [0.2, 0.25) is 0 Å². The van der Waals surface area contributed by atoms with Crippen molar-refractivity contribution in [3.8, 4) is 5.75 Å². The summed E-state index contributed by atoms with van der Waals surface area (Å²) in [4.78, 5) is 0. The van der Waals surface area contributed by atoms with Crippen LogP contribution in [-0.2, 0) is 15.9 Å². The molecule has 0 aliphatic rings. The van der Waals surface area contributed by atoms with Gasteiger partial charge in [-0.3, -0.25) is 0 Å². The van der Waals surface area contributed by atoms with Gasteiger partial charge in [-0.2, -0.15) is 0 Å². The normalized spacial score (nSPS) is 12.4. The fourth-order valence-electron chi connectivity index (χ4n) is 1.78. The van der Waals surface area contributed by atoms with E-state index in [0.29, 0.717) is 19.8 Å². The quantitative estimate of drug-likeness (QED) is 0.662. The standard InChI is InChI=1S/C15H24BrNO3/c1-12(17)10-13-4-5-15(14(16)11-13)20-9-8-19-7-3-6-18-2/h4-5,11-12H,3,6-10,17H2,1-2H3. The molecule has 0 saturated heterocycles. The fraction of sp³-hybridized carbons (Fsp3) is 0.600. The Labute approximate surface area is 129 Å². The summed E-state index contributed by atoms with van der Waals surface area (Å²) in [5, 5.41) is 0. The molecule has 0 fully saturated rings. The Morgan fingerprint density at radius 3 is 2.65 bits per heavy atom. The summed E-state index contributed by atoms with van der Waals surface area (Å²) in [5.41, 5.74) is 6.99. The number of nitrogens with two attached hydrogens (primary N) is 1. The zero-order valence-corrected chi connectivity index (χ0v) is 13.8. The predicted octanol–water partition coefficient (Wildman–Crippen LogP) is 2.77. The highest BCUT2D eigenvalue weighted by atomic mass is 79.9. The molecule has 0 aliphatic carbocycles. The van der Waals surface area contributed by atoms with E-state index in [1.807, 2.05) is 19.1 Å². The van der Waals surface area contributed by atoms with Gasteiger partial charge in [0.25, 0.3) is 0 Å². The average Bonchev–Trinajstić information content (AvgIpc) is 2.39. The van der Waals surface area contributed by atoms with Gasteiger partial charge in [0, 0.05) is 26.4 Å². The predicted molar refractivity (Wildman–Crippen MR) is 84.3 cm³/mol. The molecule has 2 N–H and O–H groups in total. The Hall–Kier alpha value is -0.620. The van der Waals surface area contributed by atoms with Gasteiger partial charge in [-0.05, 0) is 53.4 Å². The van der Waals surface area contributed by atoms with Gasteiger partial charge >= 0.3 is 0 Å².